The lowest BCUT2D eigenvalue weighted by Gasteiger charge is -2.37. The van der Waals surface area contributed by atoms with Gasteiger partial charge in [-0.25, -0.2) is 0 Å². The predicted molar refractivity (Wildman–Crippen MR) is 82.0 cm³/mol. The molecule has 0 amide bonds. The Kier molecular flexibility index (Phi) is 4.08. The normalized spacial score (nSPS) is 19.1. The van der Waals surface area contributed by atoms with E-state index < -0.39 is 5.60 Å². The summed E-state index contributed by atoms with van der Waals surface area (Å²) in [5.74, 6) is 0. The first-order valence-electron chi connectivity index (χ1n) is 6.76. The van der Waals surface area contributed by atoms with Crippen molar-refractivity contribution in [1.29, 1.82) is 0 Å². The summed E-state index contributed by atoms with van der Waals surface area (Å²) in [5, 5.41) is 10.7. The van der Waals surface area contributed by atoms with Gasteiger partial charge >= 0.3 is 0 Å². The van der Waals surface area contributed by atoms with Gasteiger partial charge in [-0.3, -0.25) is 9.88 Å². The zero-order valence-corrected chi connectivity index (χ0v) is 12.7. The van der Waals surface area contributed by atoms with E-state index in [9.17, 15) is 5.11 Å². The molecule has 3 nitrogen and oxygen atoms in total. The number of nitrogens with zero attached hydrogens (tertiary/aromatic N) is 2. The number of thiophene rings is 1. The Labute approximate surface area is 127 Å². The molecule has 1 fully saturated rings. The Morgan fingerprint density at radius 1 is 1.25 bits per heavy atom. The van der Waals surface area contributed by atoms with Crippen LogP contribution in [0.15, 0.2) is 36.5 Å². The van der Waals surface area contributed by atoms with Crippen molar-refractivity contribution in [3.05, 3.63) is 51.4 Å². The van der Waals surface area contributed by atoms with Gasteiger partial charge in [-0.15, -0.1) is 11.3 Å². The molecule has 0 aromatic carbocycles. The number of rotatable bonds is 3. The van der Waals surface area contributed by atoms with Crippen LogP contribution in [0.4, 0.5) is 0 Å². The minimum atomic E-state index is -0.773. The SMILES string of the molecule is OC1(c2ccccn2)CCN(Cc2ccc(Cl)s2)CC1. The van der Waals surface area contributed by atoms with Crippen molar-refractivity contribution in [2.24, 2.45) is 0 Å². The van der Waals surface area contributed by atoms with Crippen molar-refractivity contribution in [1.82, 2.24) is 9.88 Å². The van der Waals surface area contributed by atoms with Crippen LogP contribution in [0, 0.1) is 0 Å². The number of hydrogen-bond donors (Lipinski definition) is 1. The minimum absolute atomic E-state index is 0.725. The number of hydrogen-bond acceptors (Lipinski definition) is 4. The molecular formula is C15H17ClN2OS. The molecule has 0 radical (unpaired) electrons. The molecule has 0 spiro atoms. The number of halogens is 1. The van der Waals surface area contributed by atoms with Gasteiger partial charge < -0.3 is 5.11 Å². The fourth-order valence-corrected chi connectivity index (χ4v) is 3.76. The third-order valence-corrected chi connectivity index (χ3v) is 5.05. The maximum absolute atomic E-state index is 10.7. The average Bonchev–Trinajstić information content (AvgIpc) is 2.88. The standard InChI is InChI=1S/C15H17ClN2OS/c16-14-5-4-12(20-14)11-18-9-6-15(19,7-10-18)13-3-1-2-8-17-13/h1-5,8,19H,6-7,9-11H2. The maximum Gasteiger partial charge on any atom is 0.109 e. The van der Waals surface area contributed by atoms with Crippen LogP contribution < -0.4 is 0 Å². The predicted octanol–water partition coefficient (Wildman–Crippen LogP) is 3.28. The highest BCUT2D eigenvalue weighted by molar-refractivity contribution is 7.16. The van der Waals surface area contributed by atoms with Gasteiger partial charge in [0, 0.05) is 30.7 Å². The Morgan fingerprint density at radius 3 is 2.65 bits per heavy atom. The first kappa shape index (κ1) is 14.0. The summed E-state index contributed by atoms with van der Waals surface area (Å²) in [6.45, 7) is 2.67. The molecule has 0 aliphatic carbocycles. The average molecular weight is 309 g/mol. The van der Waals surface area contributed by atoms with E-state index in [-0.39, 0.29) is 0 Å². The number of piperidine rings is 1. The smallest absolute Gasteiger partial charge is 0.109 e. The molecule has 1 aliphatic heterocycles. The number of likely N-dealkylation sites (tertiary alicyclic amines) is 1. The first-order chi connectivity index (χ1) is 9.66. The lowest BCUT2D eigenvalue weighted by Crippen LogP contribution is -2.42. The van der Waals surface area contributed by atoms with E-state index in [0.29, 0.717) is 0 Å². The van der Waals surface area contributed by atoms with Crippen LogP contribution in [-0.4, -0.2) is 28.1 Å². The van der Waals surface area contributed by atoms with Crippen molar-refractivity contribution < 1.29 is 5.11 Å². The monoisotopic (exact) mass is 308 g/mol. The fraction of sp³-hybridized carbons (Fsp3) is 0.400. The second-order valence-electron chi connectivity index (χ2n) is 5.23. The second kappa shape index (κ2) is 5.82. The summed E-state index contributed by atoms with van der Waals surface area (Å²) in [7, 11) is 0. The molecule has 106 valence electrons. The Morgan fingerprint density at radius 2 is 2.05 bits per heavy atom. The topological polar surface area (TPSA) is 36.4 Å². The van der Waals surface area contributed by atoms with Crippen LogP contribution in [0.5, 0.6) is 0 Å². The summed E-state index contributed by atoms with van der Waals surface area (Å²) < 4.78 is 0.835. The zero-order chi connectivity index (χ0) is 14.0. The van der Waals surface area contributed by atoms with Crippen LogP contribution in [0.1, 0.15) is 23.4 Å². The second-order valence-corrected chi connectivity index (χ2v) is 7.03. The van der Waals surface area contributed by atoms with E-state index >= 15 is 0 Å². The highest BCUT2D eigenvalue weighted by Gasteiger charge is 2.34. The first-order valence-corrected chi connectivity index (χ1v) is 7.96. The van der Waals surface area contributed by atoms with Gasteiger partial charge in [-0.05, 0) is 37.1 Å². The molecule has 2 aromatic rings. The summed E-state index contributed by atoms with van der Waals surface area (Å²) in [6.07, 6.45) is 3.19. The quantitative estimate of drug-likeness (QED) is 0.945. The molecule has 0 atom stereocenters. The number of aromatic nitrogens is 1. The van der Waals surface area contributed by atoms with Crippen LogP contribution in [0.25, 0.3) is 0 Å². The Hall–Kier alpha value is -0.940. The van der Waals surface area contributed by atoms with Crippen LogP contribution >= 0.6 is 22.9 Å². The van der Waals surface area contributed by atoms with E-state index in [1.165, 1.54) is 4.88 Å². The summed E-state index contributed by atoms with van der Waals surface area (Å²) in [5.41, 5.74) is 0.0176. The van der Waals surface area contributed by atoms with Gasteiger partial charge in [0.2, 0.25) is 0 Å². The molecule has 0 bridgehead atoms. The van der Waals surface area contributed by atoms with Crippen LogP contribution in [-0.2, 0) is 12.1 Å². The molecule has 3 rings (SSSR count). The van der Waals surface area contributed by atoms with E-state index in [2.05, 4.69) is 16.0 Å². The summed E-state index contributed by atoms with van der Waals surface area (Å²) in [6, 6.07) is 9.74. The Balaban J connectivity index is 1.62. The van der Waals surface area contributed by atoms with Gasteiger partial charge in [0.15, 0.2) is 0 Å². The highest BCUT2D eigenvalue weighted by Crippen LogP contribution is 2.32. The van der Waals surface area contributed by atoms with Gasteiger partial charge in [-0.1, -0.05) is 17.7 Å². The highest BCUT2D eigenvalue weighted by atomic mass is 35.5. The van der Waals surface area contributed by atoms with Crippen molar-refractivity contribution in [3.63, 3.8) is 0 Å². The number of pyridine rings is 1. The van der Waals surface area contributed by atoms with Gasteiger partial charge in [0.1, 0.15) is 5.60 Å². The van der Waals surface area contributed by atoms with E-state index in [0.717, 1.165) is 42.5 Å². The lowest BCUT2D eigenvalue weighted by molar-refractivity contribution is -0.0309. The van der Waals surface area contributed by atoms with Crippen LogP contribution in [0.3, 0.4) is 0 Å². The molecule has 1 saturated heterocycles. The third-order valence-electron chi connectivity index (χ3n) is 3.83. The largest absolute Gasteiger partial charge is 0.383 e. The van der Waals surface area contributed by atoms with Crippen molar-refractivity contribution in [3.8, 4) is 0 Å². The van der Waals surface area contributed by atoms with Gasteiger partial charge in [0.25, 0.3) is 0 Å². The summed E-state index contributed by atoms with van der Waals surface area (Å²) >= 11 is 7.58. The molecule has 20 heavy (non-hydrogen) atoms. The molecule has 1 N–H and O–H groups in total. The minimum Gasteiger partial charge on any atom is -0.383 e. The molecule has 2 aromatic heterocycles. The van der Waals surface area contributed by atoms with E-state index in [4.69, 9.17) is 11.6 Å². The van der Waals surface area contributed by atoms with E-state index in [1.54, 1.807) is 17.5 Å². The van der Waals surface area contributed by atoms with E-state index in [1.807, 2.05) is 24.3 Å². The third kappa shape index (κ3) is 3.04. The molecule has 1 aliphatic rings. The molecule has 0 unspecified atom stereocenters. The fourth-order valence-electron chi connectivity index (χ4n) is 2.63. The van der Waals surface area contributed by atoms with Crippen molar-refractivity contribution >= 4 is 22.9 Å². The van der Waals surface area contributed by atoms with Crippen molar-refractivity contribution in [2.75, 3.05) is 13.1 Å². The molecule has 5 heteroatoms. The summed E-state index contributed by atoms with van der Waals surface area (Å²) in [4.78, 5) is 7.94. The zero-order valence-electron chi connectivity index (χ0n) is 11.1. The van der Waals surface area contributed by atoms with Crippen LogP contribution in [0.2, 0.25) is 4.34 Å². The van der Waals surface area contributed by atoms with Gasteiger partial charge in [-0.2, -0.15) is 0 Å². The van der Waals surface area contributed by atoms with Crippen molar-refractivity contribution in [2.45, 2.75) is 25.0 Å². The molecular weight excluding hydrogens is 292 g/mol. The Bertz CT molecular complexity index is 564. The number of aliphatic hydroxyl groups is 1. The maximum atomic E-state index is 10.7. The van der Waals surface area contributed by atoms with Gasteiger partial charge in [0.05, 0.1) is 10.0 Å². The lowest BCUT2D eigenvalue weighted by atomic mass is 9.88. The molecule has 3 heterocycles. The molecule has 0 saturated carbocycles.